The van der Waals surface area contributed by atoms with Crippen LogP contribution in [0.15, 0.2) is 12.4 Å². The number of carbonyl (C=O) groups is 1. The van der Waals surface area contributed by atoms with Crippen molar-refractivity contribution in [2.24, 2.45) is 11.8 Å². The lowest BCUT2D eigenvalue weighted by atomic mass is 9.94. The van der Waals surface area contributed by atoms with E-state index >= 15 is 0 Å². The van der Waals surface area contributed by atoms with E-state index in [1.54, 1.807) is 4.90 Å². The summed E-state index contributed by atoms with van der Waals surface area (Å²) in [5.74, 6) is 0.149. The molecule has 0 bridgehead atoms. The monoisotopic (exact) mass is 258 g/mol. The van der Waals surface area contributed by atoms with Crippen LogP contribution in [-0.4, -0.2) is 33.6 Å². The number of aliphatic carboxylic acids is 1. The van der Waals surface area contributed by atoms with Crippen molar-refractivity contribution in [2.45, 2.75) is 25.3 Å². The number of hydrogen-bond acceptors (Lipinski definition) is 5. The molecule has 0 aromatic carbocycles. The van der Waals surface area contributed by atoms with Crippen LogP contribution in [0.5, 0.6) is 0 Å². The van der Waals surface area contributed by atoms with Crippen LogP contribution in [0.25, 0.3) is 0 Å². The SMILES string of the molecule is N#Cc1nccnc1N1CC2CCCC2C1C(=O)O. The van der Waals surface area contributed by atoms with Crippen LogP contribution >= 0.6 is 0 Å². The lowest BCUT2D eigenvalue weighted by molar-refractivity contribution is -0.139. The molecule has 1 saturated carbocycles. The second-order valence-electron chi connectivity index (χ2n) is 5.13. The summed E-state index contributed by atoms with van der Waals surface area (Å²) in [6.45, 7) is 0.662. The number of aromatic nitrogens is 2. The number of nitriles is 1. The minimum atomic E-state index is -0.830. The number of anilines is 1. The van der Waals surface area contributed by atoms with Crippen LogP contribution in [0.3, 0.4) is 0 Å². The Bertz CT molecular complexity index is 554. The number of fused-ring (bicyclic) bond motifs is 1. The molecule has 3 atom stereocenters. The summed E-state index contributed by atoms with van der Waals surface area (Å²) in [5.41, 5.74) is 0.203. The van der Waals surface area contributed by atoms with Gasteiger partial charge >= 0.3 is 5.97 Å². The third-order valence-electron chi connectivity index (χ3n) is 4.20. The standard InChI is InChI=1S/C13H14N4O2/c14-6-10-12(16-5-4-15-10)17-7-8-2-1-3-9(8)11(17)13(18)19/h4-5,8-9,11H,1-3,7H2,(H,18,19). The van der Waals surface area contributed by atoms with Gasteiger partial charge in [0.25, 0.3) is 0 Å². The Hall–Kier alpha value is -2.16. The quantitative estimate of drug-likeness (QED) is 0.852. The number of rotatable bonds is 2. The van der Waals surface area contributed by atoms with Gasteiger partial charge < -0.3 is 10.0 Å². The molecule has 2 fully saturated rings. The topological polar surface area (TPSA) is 90.1 Å². The maximum Gasteiger partial charge on any atom is 0.326 e. The minimum Gasteiger partial charge on any atom is -0.480 e. The first-order valence-electron chi connectivity index (χ1n) is 6.43. The molecule has 1 N–H and O–H groups in total. The zero-order chi connectivity index (χ0) is 13.4. The zero-order valence-corrected chi connectivity index (χ0v) is 10.4. The Morgan fingerprint density at radius 1 is 1.42 bits per heavy atom. The van der Waals surface area contributed by atoms with Crippen molar-refractivity contribution in [2.75, 3.05) is 11.4 Å². The van der Waals surface area contributed by atoms with E-state index in [0.717, 1.165) is 19.3 Å². The van der Waals surface area contributed by atoms with Crippen molar-refractivity contribution in [1.29, 1.82) is 5.26 Å². The van der Waals surface area contributed by atoms with Crippen molar-refractivity contribution in [3.05, 3.63) is 18.1 Å². The highest BCUT2D eigenvalue weighted by Gasteiger charge is 2.48. The van der Waals surface area contributed by atoms with Crippen molar-refractivity contribution >= 4 is 11.8 Å². The number of carboxylic acid groups (broad SMARTS) is 1. The average molecular weight is 258 g/mol. The molecule has 2 heterocycles. The summed E-state index contributed by atoms with van der Waals surface area (Å²) >= 11 is 0. The van der Waals surface area contributed by atoms with Crippen LogP contribution in [0.2, 0.25) is 0 Å². The molecular formula is C13H14N4O2. The second kappa shape index (κ2) is 4.50. The van der Waals surface area contributed by atoms with Gasteiger partial charge in [0.1, 0.15) is 12.1 Å². The smallest absolute Gasteiger partial charge is 0.326 e. The second-order valence-corrected chi connectivity index (χ2v) is 5.13. The summed E-state index contributed by atoms with van der Waals surface area (Å²) in [6, 6.07) is 1.42. The van der Waals surface area contributed by atoms with E-state index in [4.69, 9.17) is 5.26 Å². The van der Waals surface area contributed by atoms with Gasteiger partial charge in [-0.1, -0.05) is 6.42 Å². The summed E-state index contributed by atoms with van der Waals surface area (Å²) < 4.78 is 0. The molecule has 0 amide bonds. The van der Waals surface area contributed by atoms with Crippen molar-refractivity contribution in [1.82, 2.24) is 9.97 Å². The van der Waals surface area contributed by atoms with E-state index in [-0.39, 0.29) is 11.6 Å². The first kappa shape index (κ1) is 11.9. The maximum atomic E-state index is 11.6. The molecule has 0 spiro atoms. The highest BCUT2D eigenvalue weighted by molar-refractivity contribution is 5.80. The molecule has 2 aliphatic rings. The van der Waals surface area contributed by atoms with Gasteiger partial charge in [-0.05, 0) is 24.7 Å². The van der Waals surface area contributed by atoms with Gasteiger partial charge in [0, 0.05) is 18.9 Å². The molecule has 1 saturated heterocycles. The predicted molar refractivity (Wildman–Crippen MR) is 66.3 cm³/mol. The molecule has 19 heavy (non-hydrogen) atoms. The highest BCUT2D eigenvalue weighted by atomic mass is 16.4. The fourth-order valence-electron chi connectivity index (χ4n) is 3.46. The molecule has 3 unspecified atom stereocenters. The van der Waals surface area contributed by atoms with Crippen molar-refractivity contribution < 1.29 is 9.90 Å². The third kappa shape index (κ3) is 1.82. The molecule has 1 aliphatic carbocycles. The number of carboxylic acids is 1. The van der Waals surface area contributed by atoms with Crippen LogP contribution < -0.4 is 4.90 Å². The van der Waals surface area contributed by atoms with Crippen LogP contribution in [0, 0.1) is 23.2 Å². The fourth-order valence-corrected chi connectivity index (χ4v) is 3.46. The lowest BCUT2D eigenvalue weighted by Gasteiger charge is -2.25. The lowest BCUT2D eigenvalue weighted by Crippen LogP contribution is -2.40. The Kier molecular flexibility index (Phi) is 2.82. The summed E-state index contributed by atoms with van der Waals surface area (Å²) in [6.07, 6.45) is 6.06. The summed E-state index contributed by atoms with van der Waals surface area (Å²) in [5, 5.41) is 18.6. The molecule has 6 heteroatoms. The van der Waals surface area contributed by atoms with Gasteiger partial charge in [-0.25, -0.2) is 14.8 Å². The Balaban J connectivity index is 2.00. The molecule has 1 aromatic rings. The molecule has 0 radical (unpaired) electrons. The molecule has 6 nitrogen and oxygen atoms in total. The van der Waals surface area contributed by atoms with E-state index in [1.807, 2.05) is 6.07 Å². The summed E-state index contributed by atoms with van der Waals surface area (Å²) in [7, 11) is 0. The van der Waals surface area contributed by atoms with E-state index in [0.29, 0.717) is 18.3 Å². The van der Waals surface area contributed by atoms with Crippen molar-refractivity contribution in [3.63, 3.8) is 0 Å². The van der Waals surface area contributed by atoms with Crippen LogP contribution in [-0.2, 0) is 4.79 Å². The summed E-state index contributed by atoms with van der Waals surface area (Å²) in [4.78, 5) is 21.4. The Morgan fingerprint density at radius 2 is 2.21 bits per heavy atom. The highest BCUT2D eigenvalue weighted by Crippen LogP contribution is 2.43. The molecule has 3 rings (SSSR count). The maximum absolute atomic E-state index is 11.6. The van der Waals surface area contributed by atoms with E-state index in [2.05, 4.69) is 9.97 Å². The molecule has 1 aliphatic heterocycles. The number of hydrogen-bond donors (Lipinski definition) is 1. The van der Waals surface area contributed by atoms with Gasteiger partial charge in [0.2, 0.25) is 0 Å². The van der Waals surface area contributed by atoms with E-state index < -0.39 is 12.0 Å². The van der Waals surface area contributed by atoms with Gasteiger partial charge in [-0.3, -0.25) is 0 Å². The first-order valence-corrected chi connectivity index (χ1v) is 6.43. The number of nitrogens with zero attached hydrogens (tertiary/aromatic N) is 4. The molecule has 1 aromatic heterocycles. The zero-order valence-electron chi connectivity index (χ0n) is 10.4. The van der Waals surface area contributed by atoms with Gasteiger partial charge in [-0.2, -0.15) is 5.26 Å². The van der Waals surface area contributed by atoms with Crippen LogP contribution in [0.1, 0.15) is 25.0 Å². The normalized spacial score (nSPS) is 29.0. The van der Waals surface area contributed by atoms with Gasteiger partial charge in [0.15, 0.2) is 11.5 Å². The third-order valence-corrected chi connectivity index (χ3v) is 4.20. The van der Waals surface area contributed by atoms with Gasteiger partial charge in [0.05, 0.1) is 0 Å². The Morgan fingerprint density at radius 3 is 2.95 bits per heavy atom. The largest absolute Gasteiger partial charge is 0.480 e. The minimum absolute atomic E-state index is 0.172. The first-order chi connectivity index (χ1) is 9.22. The van der Waals surface area contributed by atoms with Gasteiger partial charge in [-0.15, -0.1) is 0 Å². The molecular weight excluding hydrogens is 244 g/mol. The average Bonchev–Trinajstić information content (AvgIpc) is 2.97. The van der Waals surface area contributed by atoms with E-state index in [9.17, 15) is 9.90 Å². The Labute approximate surface area is 110 Å². The van der Waals surface area contributed by atoms with E-state index in [1.165, 1.54) is 12.4 Å². The molecule has 98 valence electrons. The van der Waals surface area contributed by atoms with Crippen molar-refractivity contribution in [3.8, 4) is 6.07 Å². The fraction of sp³-hybridized carbons (Fsp3) is 0.538. The van der Waals surface area contributed by atoms with Crippen LogP contribution in [0.4, 0.5) is 5.82 Å². The predicted octanol–water partition coefficient (Wildman–Crippen LogP) is 1.04.